The second kappa shape index (κ2) is 7.19. The molecule has 2 aliphatic heterocycles. The van der Waals surface area contributed by atoms with Gasteiger partial charge in [-0.25, -0.2) is 4.79 Å². The Balaban J connectivity index is 1.49. The van der Waals surface area contributed by atoms with Gasteiger partial charge in [-0.1, -0.05) is 36.4 Å². The second-order valence-electron chi connectivity index (χ2n) is 8.94. The number of amides is 2. The van der Waals surface area contributed by atoms with Crippen molar-refractivity contribution in [1.29, 1.82) is 0 Å². The lowest BCUT2D eigenvalue weighted by Gasteiger charge is -2.17. The molecule has 2 aromatic heterocycles. The van der Waals surface area contributed by atoms with Gasteiger partial charge in [0.15, 0.2) is 0 Å². The molecular formula is C26H28N4O. The van der Waals surface area contributed by atoms with E-state index in [0.29, 0.717) is 6.54 Å². The van der Waals surface area contributed by atoms with Gasteiger partial charge in [0.1, 0.15) is 0 Å². The lowest BCUT2D eigenvalue weighted by molar-refractivity contribution is 0.208. The molecule has 0 spiro atoms. The molecule has 2 N–H and O–H groups in total. The third kappa shape index (κ3) is 2.87. The summed E-state index contributed by atoms with van der Waals surface area (Å²) in [5, 5.41) is 5.64. The van der Waals surface area contributed by atoms with Gasteiger partial charge < -0.3 is 19.8 Å². The van der Waals surface area contributed by atoms with Crippen LogP contribution in [-0.2, 0) is 13.0 Å². The minimum atomic E-state index is 0.0450. The average molecular weight is 413 g/mol. The molecule has 0 radical (unpaired) electrons. The number of carbonyl (C=O) groups is 1. The van der Waals surface area contributed by atoms with Crippen LogP contribution >= 0.6 is 0 Å². The molecule has 2 aliphatic rings. The Kier molecular flexibility index (Phi) is 4.30. The van der Waals surface area contributed by atoms with Crippen molar-refractivity contribution in [2.45, 2.75) is 38.1 Å². The number of nitrogens with one attached hydrogen (secondary N) is 2. The molecule has 0 saturated carbocycles. The molecule has 31 heavy (non-hydrogen) atoms. The van der Waals surface area contributed by atoms with E-state index in [1.807, 2.05) is 11.8 Å². The number of aryl methyl sites for hydroxylation is 2. The smallest absolute Gasteiger partial charge is 0.317 e. The van der Waals surface area contributed by atoms with Crippen LogP contribution < -0.4 is 5.32 Å². The number of para-hydroxylation sites is 2. The van der Waals surface area contributed by atoms with E-state index in [4.69, 9.17) is 0 Å². The quantitative estimate of drug-likeness (QED) is 0.490. The third-order valence-electron chi connectivity index (χ3n) is 7.21. The number of aromatic nitrogens is 2. The van der Waals surface area contributed by atoms with Gasteiger partial charge in [-0.15, -0.1) is 0 Å². The fourth-order valence-electron chi connectivity index (χ4n) is 5.84. The summed E-state index contributed by atoms with van der Waals surface area (Å²) in [5.41, 5.74) is 6.73. The van der Waals surface area contributed by atoms with Gasteiger partial charge in [-0.3, -0.25) is 0 Å². The molecule has 1 unspecified atom stereocenters. The summed E-state index contributed by atoms with van der Waals surface area (Å²) in [6.07, 6.45) is 6.89. The molecule has 2 aromatic carbocycles. The van der Waals surface area contributed by atoms with Crippen LogP contribution in [0.5, 0.6) is 0 Å². The second-order valence-corrected chi connectivity index (χ2v) is 8.94. The van der Waals surface area contributed by atoms with Crippen molar-refractivity contribution in [1.82, 2.24) is 19.8 Å². The van der Waals surface area contributed by atoms with E-state index in [9.17, 15) is 4.79 Å². The minimum absolute atomic E-state index is 0.0450. The largest absolute Gasteiger partial charge is 0.361 e. The number of aromatic amines is 1. The summed E-state index contributed by atoms with van der Waals surface area (Å²) >= 11 is 0. The fourth-order valence-corrected chi connectivity index (χ4v) is 5.84. The lowest BCUT2D eigenvalue weighted by atomic mass is 9.83. The van der Waals surface area contributed by atoms with Crippen molar-refractivity contribution in [3.8, 4) is 0 Å². The Morgan fingerprint density at radius 1 is 1.06 bits per heavy atom. The average Bonchev–Trinajstić information content (AvgIpc) is 3.50. The fraction of sp³-hybridized carbons (Fsp3) is 0.346. The number of H-pyrrole nitrogens is 1. The van der Waals surface area contributed by atoms with E-state index in [2.05, 4.69) is 69.7 Å². The van der Waals surface area contributed by atoms with Crippen LogP contribution in [0.25, 0.3) is 21.8 Å². The highest BCUT2D eigenvalue weighted by Crippen LogP contribution is 2.45. The Hall–Kier alpha value is -3.21. The van der Waals surface area contributed by atoms with Gasteiger partial charge in [0.05, 0.1) is 5.52 Å². The maximum atomic E-state index is 12.8. The van der Waals surface area contributed by atoms with Crippen molar-refractivity contribution < 1.29 is 4.79 Å². The number of hydrogen-bond acceptors (Lipinski definition) is 1. The topological polar surface area (TPSA) is 53.1 Å². The zero-order valence-electron chi connectivity index (χ0n) is 17.9. The first-order chi connectivity index (χ1) is 15.2. The Labute approximate surface area is 182 Å². The molecule has 1 saturated heterocycles. The first-order valence-corrected chi connectivity index (χ1v) is 11.4. The molecule has 5 nitrogen and oxygen atoms in total. The summed E-state index contributed by atoms with van der Waals surface area (Å²) in [4.78, 5) is 18.3. The standard InChI is InChI=1S/C26H28N4O/c1-2-27-26(31)30-15-22(20-13-28-24-11-4-3-9-18(20)24)23(16-30)21-14-29-12-6-8-17-7-5-10-19(21)25(17)29/h3-5,7,9-11,13-14,22-23,28H,2,6,8,12,15-16H2,1H3,(H,27,31)/t22?,23-/m0/s1. The number of urea groups is 1. The van der Waals surface area contributed by atoms with E-state index < -0.39 is 0 Å². The predicted molar refractivity (Wildman–Crippen MR) is 125 cm³/mol. The van der Waals surface area contributed by atoms with Crippen molar-refractivity contribution in [3.05, 3.63) is 71.5 Å². The molecule has 1 fully saturated rings. The summed E-state index contributed by atoms with van der Waals surface area (Å²) in [7, 11) is 0. The minimum Gasteiger partial charge on any atom is -0.361 e. The molecule has 4 heterocycles. The highest BCUT2D eigenvalue weighted by Gasteiger charge is 2.39. The van der Waals surface area contributed by atoms with Crippen LogP contribution in [0, 0.1) is 0 Å². The number of hydrogen-bond donors (Lipinski definition) is 2. The molecule has 158 valence electrons. The van der Waals surface area contributed by atoms with Crippen molar-refractivity contribution in [2.75, 3.05) is 19.6 Å². The van der Waals surface area contributed by atoms with Gasteiger partial charge in [0.2, 0.25) is 0 Å². The van der Waals surface area contributed by atoms with Gasteiger partial charge in [-0.05, 0) is 42.5 Å². The van der Waals surface area contributed by atoms with Crippen molar-refractivity contribution in [2.24, 2.45) is 0 Å². The molecule has 5 heteroatoms. The maximum Gasteiger partial charge on any atom is 0.317 e. The summed E-state index contributed by atoms with van der Waals surface area (Å²) in [6, 6.07) is 15.3. The molecule has 0 bridgehead atoms. The van der Waals surface area contributed by atoms with Crippen LogP contribution in [0.15, 0.2) is 54.9 Å². The van der Waals surface area contributed by atoms with Crippen LogP contribution in [0.4, 0.5) is 4.79 Å². The molecule has 4 aromatic rings. The number of fused-ring (bicyclic) bond motifs is 1. The monoisotopic (exact) mass is 412 g/mol. The lowest BCUT2D eigenvalue weighted by Crippen LogP contribution is -2.38. The van der Waals surface area contributed by atoms with Gasteiger partial charge in [0.25, 0.3) is 0 Å². The van der Waals surface area contributed by atoms with Gasteiger partial charge in [0, 0.05) is 66.7 Å². The zero-order chi connectivity index (χ0) is 20.9. The molecule has 2 atom stereocenters. The van der Waals surface area contributed by atoms with E-state index in [1.54, 1.807) is 0 Å². The van der Waals surface area contributed by atoms with E-state index in [-0.39, 0.29) is 17.9 Å². The molecule has 2 amide bonds. The SMILES string of the molecule is CCNC(=O)N1CC(c2c[nH]c3ccccc23)[C@H](c2cn3c4c(cccc24)CCC3)C1. The van der Waals surface area contributed by atoms with Crippen molar-refractivity contribution in [3.63, 3.8) is 0 Å². The maximum absolute atomic E-state index is 12.8. The number of benzene rings is 2. The first-order valence-electron chi connectivity index (χ1n) is 11.4. The van der Waals surface area contributed by atoms with Crippen LogP contribution in [0.3, 0.4) is 0 Å². The highest BCUT2D eigenvalue weighted by atomic mass is 16.2. The Morgan fingerprint density at radius 3 is 2.74 bits per heavy atom. The Bertz CT molecular complexity index is 1280. The highest BCUT2D eigenvalue weighted by molar-refractivity contribution is 5.89. The van der Waals surface area contributed by atoms with Gasteiger partial charge in [-0.2, -0.15) is 0 Å². The van der Waals surface area contributed by atoms with E-state index >= 15 is 0 Å². The molecule has 0 aliphatic carbocycles. The normalized spacial score (nSPS) is 20.6. The molecular weight excluding hydrogens is 384 g/mol. The summed E-state index contributed by atoms with van der Waals surface area (Å²) in [5.74, 6) is 0.543. The number of rotatable bonds is 3. The van der Waals surface area contributed by atoms with Crippen LogP contribution in [-0.4, -0.2) is 40.1 Å². The Morgan fingerprint density at radius 2 is 1.87 bits per heavy atom. The third-order valence-corrected chi connectivity index (χ3v) is 7.21. The number of likely N-dealkylation sites (tertiary alicyclic amines) is 1. The van der Waals surface area contributed by atoms with Crippen LogP contribution in [0.2, 0.25) is 0 Å². The number of carbonyl (C=O) groups excluding carboxylic acids is 1. The predicted octanol–water partition coefficient (Wildman–Crippen LogP) is 4.98. The first kappa shape index (κ1) is 18.6. The summed E-state index contributed by atoms with van der Waals surface area (Å²) in [6.45, 7) is 5.20. The molecule has 6 rings (SSSR count). The van der Waals surface area contributed by atoms with E-state index in [1.165, 1.54) is 39.4 Å². The van der Waals surface area contributed by atoms with Crippen molar-refractivity contribution >= 4 is 27.8 Å². The summed E-state index contributed by atoms with van der Waals surface area (Å²) < 4.78 is 2.45. The van der Waals surface area contributed by atoms with E-state index in [0.717, 1.165) is 31.6 Å². The number of nitrogens with zero attached hydrogens (tertiary/aromatic N) is 2. The zero-order valence-corrected chi connectivity index (χ0v) is 17.9. The van der Waals surface area contributed by atoms with Gasteiger partial charge >= 0.3 is 6.03 Å². The van der Waals surface area contributed by atoms with Crippen LogP contribution in [0.1, 0.15) is 41.9 Å².